The fourth-order valence-electron chi connectivity index (χ4n) is 2.65. The average molecular weight is 254 g/mol. The number of rotatable bonds is 2. The third kappa shape index (κ3) is 2.70. The van der Waals surface area contributed by atoms with Gasteiger partial charge in [0.1, 0.15) is 6.29 Å². The predicted octanol–water partition coefficient (Wildman–Crippen LogP) is 4.79. The van der Waals surface area contributed by atoms with Gasteiger partial charge in [0.2, 0.25) is 0 Å². The van der Waals surface area contributed by atoms with Crippen molar-refractivity contribution in [3.63, 3.8) is 0 Å². The Kier molecular flexibility index (Phi) is 3.49. The Morgan fingerprint density at radius 3 is 2.32 bits per heavy atom. The molecule has 1 unspecified atom stereocenters. The highest BCUT2D eigenvalue weighted by atomic mass is 16.1. The molecule has 0 amide bonds. The van der Waals surface area contributed by atoms with E-state index in [1.165, 1.54) is 16.7 Å². The molecule has 0 spiro atoms. The number of aldehydes is 1. The highest BCUT2D eigenvalue weighted by Gasteiger charge is 2.21. The maximum absolute atomic E-state index is 11.4. The first-order valence-corrected chi connectivity index (χ1v) is 6.79. The Balaban J connectivity index is 2.49. The van der Waals surface area contributed by atoms with Gasteiger partial charge >= 0.3 is 0 Å². The Morgan fingerprint density at radius 2 is 1.84 bits per heavy atom. The zero-order chi connectivity index (χ0) is 14.2. The monoisotopic (exact) mass is 254 g/mol. The van der Waals surface area contributed by atoms with Crippen molar-refractivity contribution in [2.45, 2.75) is 46.0 Å². The van der Waals surface area contributed by atoms with Crippen LogP contribution in [-0.4, -0.2) is 6.29 Å². The summed E-state index contributed by atoms with van der Waals surface area (Å²) in [5.41, 5.74) is 5.80. The van der Waals surface area contributed by atoms with E-state index in [4.69, 9.17) is 0 Å². The average Bonchev–Trinajstić information content (AvgIpc) is 2.66. The van der Waals surface area contributed by atoms with Crippen LogP contribution in [0.3, 0.4) is 0 Å². The highest BCUT2D eigenvalue weighted by molar-refractivity contribution is 5.79. The Labute approximate surface area is 116 Å². The topological polar surface area (TPSA) is 17.1 Å². The number of hydrogen-bond donors (Lipinski definition) is 0. The number of carbonyl (C=O) groups excluding carboxylic acids is 1. The van der Waals surface area contributed by atoms with Gasteiger partial charge in [-0.25, -0.2) is 0 Å². The van der Waals surface area contributed by atoms with Crippen LogP contribution >= 0.6 is 0 Å². The van der Waals surface area contributed by atoms with Gasteiger partial charge in [-0.3, -0.25) is 4.79 Å². The zero-order valence-corrected chi connectivity index (χ0v) is 12.4. The van der Waals surface area contributed by atoms with Crippen molar-refractivity contribution in [3.8, 4) is 0 Å². The van der Waals surface area contributed by atoms with Crippen LogP contribution in [-0.2, 0) is 5.41 Å². The molecule has 1 aliphatic rings. The molecule has 1 atom stereocenters. The molecule has 0 saturated carbocycles. The third-order valence-electron chi connectivity index (χ3n) is 3.79. The van der Waals surface area contributed by atoms with Crippen molar-refractivity contribution in [3.05, 3.63) is 58.2 Å². The van der Waals surface area contributed by atoms with Crippen molar-refractivity contribution in [2.24, 2.45) is 0 Å². The summed E-state index contributed by atoms with van der Waals surface area (Å²) < 4.78 is 0. The molecule has 0 N–H and O–H groups in total. The molecule has 0 aliphatic heterocycles. The minimum Gasteiger partial charge on any atom is -0.298 e. The Morgan fingerprint density at radius 1 is 1.16 bits per heavy atom. The quantitative estimate of drug-likeness (QED) is 0.694. The molecule has 19 heavy (non-hydrogen) atoms. The highest BCUT2D eigenvalue weighted by Crippen LogP contribution is 2.35. The first-order chi connectivity index (χ1) is 8.82. The fourth-order valence-corrected chi connectivity index (χ4v) is 2.65. The molecule has 0 fully saturated rings. The van der Waals surface area contributed by atoms with E-state index < -0.39 is 0 Å². The van der Waals surface area contributed by atoms with Crippen LogP contribution in [0.2, 0.25) is 0 Å². The van der Waals surface area contributed by atoms with E-state index in [0.717, 1.165) is 17.4 Å². The van der Waals surface area contributed by atoms with Crippen LogP contribution in [0.4, 0.5) is 0 Å². The molecule has 1 heteroatoms. The molecule has 1 aromatic carbocycles. The van der Waals surface area contributed by atoms with Gasteiger partial charge in [-0.1, -0.05) is 56.2 Å². The van der Waals surface area contributed by atoms with E-state index >= 15 is 0 Å². The SMILES string of the molecule is CC1=CC(c2ccc(C(C)(C)C)cc2C=O)C(C)=C1. The van der Waals surface area contributed by atoms with Crippen LogP contribution in [0.5, 0.6) is 0 Å². The van der Waals surface area contributed by atoms with Crippen LogP contribution in [0.1, 0.15) is 62.0 Å². The maximum Gasteiger partial charge on any atom is 0.150 e. The van der Waals surface area contributed by atoms with E-state index in [9.17, 15) is 4.79 Å². The lowest BCUT2D eigenvalue weighted by Crippen LogP contribution is -2.12. The van der Waals surface area contributed by atoms with Gasteiger partial charge in [0, 0.05) is 11.5 Å². The minimum absolute atomic E-state index is 0.0720. The summed E-state index contributed by atoms with van der Waals surface area (Å²) in [4.78, 5) is 11.4. The van der Waals surface area contributed by atoms with Gasteiger partial charge in [0.25, 0.3) is 0 Å². The summed E-state index contributed by atoms with van der Waals surface area (Å²) in [6, 6.07) is 6.30. The third-order valence-corrected chi connectivity index (χ3v) is 3.79. The van der Waals surface area contributed by atoms with Crippen molar-refractivity contribution < 1.29 is 4.79 Å². The molecular weight excluding hydrogens is 232 g/mol. The molecule has 0 heterocycles. The van der Waals surface area contributed by atoms with Gasteiger partial charge < -0.3 is 0 Å². The van der Waals surface area contributed by atoms with Crippen LogP contribution < -0.4 is 0 Å². The number of allylic oxidation sites excluding steroid dienone is 4. The van der Waals surface area contributed by atoms with Gasteiger partial charge in [-0.15, -0.1) is 0 Å². The van der Waals surface area contributed by atoms with Gasteiger partial charge in [0.15, 0.2) is 0 Å². The second-order valence-corrected chi connectivity index (χ2v) is 6.49. The van der Waals surface area contributed by atoms with E-state index in [-0.39, 0.29) is 11.3 Å². The lowest BCUT2D eigenvalue weighted by molar-refractivity contribution is 0.112. The molecule has 100 valence electrons. The van der Waals surface area contributed by atoms with Crippen LogP contribution in [0, 0.1) is 0 Å². The number of carbonyl (C=O) groups is 1. The molecule has 0 aromatic heterocycles. The van der Waals surface area contributed by atoms with Crippen molar-refractivity contribution >= 4 is 6.29 Å². The largest absolute Gasteiger partial charge is 0.298 e. The summed E-state index contributed by atoms with van der Waals surface area (Å²) in [5, 5.41) is 0. The van der Waals surface area contributed by atoms with E-state index in [1.807, 2.05) is 6.07 Å². The molecular formula is C18H22O. The van der Waals surface area contributed by atoms with E-state index in [1.54, 1.807) is 0 Å². The smallest absolute Gasteiger partial charge is 0.150 e. The zero-order valence-electron chi connectivity index (χ0n) is 12.4. The Hall–Kier alpha value is -1.63. The van der Waals surface area contributed by atoms with Crippen molar-refractivity contribution in [2.75, 3.05) is 0 Å². The summed E-state index contributed by atoms with van der Waals surface area (Å²) in [6.07, 6.45) is 5.41. The summed E-state index contributed by atoms with van der Waals surface area (Å²) in [6.45, 7) is 10.7. The van der Waals surface area contributed by atoms with Gasteiger partial charge in [-0.2, -0.15) is 0 Å². The standard InChI is InChI=1S/C18H22O/c1-12-8-13(2)17(9-12)16-7-6-15(18(3,4)5)10-14(16)11-19/h6-11,17H,1-5H3. The molecule has 2 rings (SSSR count). The number of hydrogen-bond acceptors (Lipinski definition) is 1. The molecule has 0 saturated heterocycles. The molecule has 0 radical (unpaired) electrons. The van der Waals surface area contributed by atoms with E-state index in [2.05, 4.69) is 58.9 Å². The first-order valence-electron chi connectivity index (χ1n) is 6.79. The summed E-state index contributed by atoms with van der Waals surface area (Å²) in [5.74, 6) is 0.259. The number of benzene rings is 1. The second kappa shape index (κ2) is 4.80. The van der Waals surface area contributed by atoms with E-state index in [0.29, 0.717) is 0 Å². The molecule has 1 aliphatic carbocycles. The predicted molar refractivity (Wildman–Crippen MR) is 80.8 cm³/mol. The Bertz CT molecular complexity index is 568. The lowest BCUT2D eigenvalue weighted by Gasteiger charge is -2.22. The lowest BCUT2D eigenvalue weighted by atomic mass is 9.83. The van der Waals surface area contributed by atoms with Crippen LogP contribution in [0.15, 0.2) is 41.5 Å². The summed E-state index contributed by atoms with van der Waals surface area (Å²) in [7, 11) is 0. The van der Waals surface area contributed by atoms with Crippen LogP contribution in [0.25, 0.3) is 0 Å². The van der Waals surface area contributed by atoms with Crippen molar-refractivity contribution in [1.82, 2.24) is 0 Å². The van der Waals surface area contributed by atoms with Gasteiger partial charge in [-0.05, 0) is 36.5 Å². The second-order valence-electron chi connectivity index (χ2n) is 6.49. The van der Waals surface area contributed by atoms with Crippen molar-refractivity contribution in [1.29, 1.82) is 0 Å². The van der Waals surface area contributed by atoms with Gasteiger partial charge in [0.05, 0.1) is 0 Å². The molecule has 1 nitrogen and oxygen atoms in total. The molecule has 1 aromatic rings. The summed E-state index contributed by atoms with van der Waals surface area (Å²) >= 11 is 0. The first kappa shape index (κ1) is 13.8. The molecule has 0 bridgehead atoms. The maximum atomic E-state index is 11.4. The fraction of sp³-hybridized carbons (Fsp3) is 0.389. The minimum atomic E-state index is 0.0720. The normalized spacial score (nSPS) is 19.1.